The Kier molecular flexibility index (Phi) is 5.46. The van der Waals surface area contributed by atoms with E-state index in [-0.39, 0.29) is 24.8 Å². The Morgan fingerprint density at radius 1 is 1.25 bits per heavy atom. The monoisotopic (exact) mass is 435 g/mol. The van der Waals surface area contributed by atoms with Gasteiger partial charge in [-0.1, -0.05) is 24.3 Å². The van der Waals surface area contributed by atoms with Crippen LogP contribution in [0, 0.1) is 0 Å². The van der Waals surface area contributed by atoms with Crippen LogP contribution in [0.4, 0.5) is 10.5 Å². The summed E-state index contributed by atoms with van der Waals surface area (Å²) in [6.07, 6.45) is 3.59. The van der Waals surface area contributed by atoms with Crippen molar-refractivity contribution < 1.29 is 23.9 Å². The molecule has 0 aromatic heterocycles. The fraction of sp³-hybridized carbons (Fsp3) is 0.333. The normalized spacial score (nSPS) is 18.4. The number of piperidine rings is 1. The zero-order chi connectivity index (χ0) is 23.0. The van der Waals surface area contributed by atoms with E-state index in [1.807, 2.05) is 30.3 Å². The summed E-state index contributed by atoms with van der Waals surface area (Å²) in [5.41, 5.74) is 1.43. The molecule has 166 valence electrons. The fourth-order valence-electron chi connectivity index (χ4n) is 4.03. The zero-order valence-electron chi connectivity index (χ0n) is 18.2. The highest BCUT2D eigenvalue weighted by atomic mass is 16.6. The summed E-state index contributed by atoms with van der Waals surface area (Å²) in [6.45, 7) is 5.66. The van der Waals surface area contributed by atoms with Crippen LogP contribution in [0.5, 0.6) is 0 Å². The number of imide groups is 1. The summed E-state index contributed by atoms with van der Waals surface area (Å²) in [5, 5.41) is 6.66. The van der Waals surface area contributed by atoms with Gasteiger partial charge in [-0.05, 0) is 56.3 Å². The van der Waals surface area contributed by atoms with E-state index in [0.717, 1.165) is 16.3 Å². The van der Waals surface area contributed by atoms with Crippen molar-refractivity contribution in [2.45, 2.75) is 45.3 Å². The standard InChI is InChI=1S/C24H25N3O5/c1-24(2,3)32-23(31)25-11-5-6-14-12-15-7-4-8-17-20(15)16(13-14)22(30)27(17)18-9-10-19(28)26-21(18)29/h4-8,12-13,18H,9-11H2,1-3H3,(H,25,31)(H,26,28,29)/b6-5+. The molecule has 0 radical (unpaired) electrons. The first-order chi connectivity index (χ1) is 15.1. The first kappa shape index (κ1) is 21.5. The second-order valence-corrected chi connectivity index (χ2v) is 8.87. The number of hydrogen-bond donors (Lipinski definition) is 2. The number of carbonyl (C=O) groups excluding carboxylic acids is 4. The molecule has 2 N–H and O–H groups in total. The van der Waals surface area contributed by atoms with Crippen molar-refractivity contribution in [2.75, 3.05) is 11.4 Å². The molecule has 2 heterocycles. The molecule has 2 aromatic carbocycles. The van der Waals surface area contributed by atoms with Crippen molar-refractivity contribution in [1.29, 1.82) is 0 Å². The summed E-state index contributed by atoms with van der Waals surface area (Å²) in [5.74, 6) is -1.03. The lowest BCUT2D eigenvalue weighted by atomic mass is 10.0. The Bertz CT molecular complexity index is 1160. The van der Waals surface area contributed by atoms with Crippen LogP contribution in [0.25, 0.3) is 16.8 Å². The van der Waals surface area contributed by atoms with Crippen LogP contribution < -0.4 is 15.5 Å². The summed E-state index contributed by atoms with van der Waals surface area (Å²) in [7, 11) is 0. The number of benzene rings is 2. The summed E-state index contributed by atoms with van der Waals surface area (Å²) in [4.78, 5) is 50.5. The molecule has 0 aliphatic carbocycles. The lowest BCUT2D eigenvalue weighted by Gasteiger charge is -2.30. The van der Waals surface area contributed by atoms with E-state index >= 15 is 0 Å². The highest BCUT2D eigenvalue weighted by Gasteiger charge is 2.40. The molecule has 8 nitrogen and oxygen atoms in total. The van der Waals surface area contributed by atoms with Gasteiger partial charge in [0.05, 0.1) is 11.3 Å². The second-order valence-electron chi connectivity index (χ2n) is 8.87. The van der Waals surface area contributed by atoms with Crippen LogP contribution in [0.3, 0.4) is 0 Å². The first-order valence-corrected chi connectivity index (χ1v) is 10.5. The average molecular weight is 435 g/mol. The largest absolute Gasteiger partial charge is 0.444 e. The molecule has 1 atom stereocenters. The van der Waals surface area contributed by atoms with Crippen molar-refractivity contribution in [3.63, 3.8) is 0 Å². The maximum Gasteiger partial charge on any atom is 0.407 e. The number of amides is 4. The molecule has 1 fully saturated rings. The Hall–Kier alpha value is -3.68. The van der Waals surface area contributed by atoms with Gasteiger partial charge in [0.25, 0.3) is 5.91 Å². The maximum atomic E-state index is 13.3. The number of hydrogen-bond acceptors (Lipinski definition) is 5. The van der Waals surface area contributed by atoms with E-state index in [4.69, 9.17) is 4.74 Å². The number of rotatable bonds is 4. The smallest absolute Gasteiger partial charge is 0.407 e. The van der Waals surface area contributed by atoms with Gasteiger partial charge in [-0.2, -0.15) is 0 Å². The molecule has 0 saturated carbocycles. The summed E-state index contributed by atoms with van der Waals surface area (Å²) >= 11 is 0. The van der Waals surface area contributed by atoms with Gasteiger partial charge in [-0.25, -0.2) is 4.79 Å². The third-order valence-electron chi connectivity index (χ3n) is 5.28. The Labute approximate surface area is 185 Å². The third kappa shape index (κ3) is 4.21. The molecular weight excluding hydrogens is 410 g/mol. The van der Waals surface area contributed by atoms with Crippen molar-refractivity contribution >= 4 is 46.4 Å². The van der Waals surface area contributed by atoms with Gasteiger partial charge < -0.3 is 10.1 Å². The SMILES string of the molecule is CC(C)(C)OC(=O)NC/C=C/c1cc2c3c(cccc3c1)N(C1CCC(=O)NC1=O)C2=O. The highest BCUT2D eigenvalue weighted by molar-refractivity contribution is 6.27. The summed E-state index contributed by atoms with van der Waals surface area (Å²) < 4.78 is 5.20. The molecule has 2 aliphatic heterocycles. The van der Waals surface area contributed by atoms with Gasteiger partial charge in [-0.15, -0.1) is 0 Å². The molecule has 4 rings (SSSR count). The van der Waals surface area contributed by atoms with Gasteiger partial charge in [0.15, 0.2) is 0 Å². The molecule has 1 unspecified atom stereocenters. The zero-order valence-corrected chi connectivity index (χ0v) is 18.2. The lowest BCUT2D eigenvalue weighted by Crippen LogP contribution is -2.53. The van der Waals surface area contributed by atoms with E-state index in [2.05, 4.69) is 10.6 Å². The van der Waals surface area contributed by atoms with Crippen LogP contribution in [0.2, 0.25) is 0 Å². The Morgan fingerprint density at radius 2 is 2.03 bits per heavy atom. The quantitative estimate of drug-likeness (QED) is 0.718. The van der Waals surface area contributed by atoms with E-state index < -0.39 is 23.6 Å². The van der Waals surface area contributed by atoms with Crippen LogP contribution in [-0.4, -0.2) is 42.0 Å². The minimum Gasteiger partial charge on any atom is -0.444 e. The molecule has 8 heteroatoms. The minimum absolute atomic E-state index is 0.200. The Morgan fingerprint density at radius 3 is 2.75 bits per heavy atom. The van der Waals surface area contributed by atoms with E-state index in [1.165, 1.54) is 4.90 Å². The second kappa shape index (κ2) is 8.11. The molecule has 2 aromatic rings. The average Bonchev–Trinajstić information content (AvgIpc) is 2.98. The molecule has 4 amide bonds. The first-order valence-electron chi connectivity index (χ1n) is 10.5. The van der Waals surface area contributed by atoms with Gasteiger partial charge in [-0.3, -0.25) is 24.6 Å². The van der Waals surface area contributed by atoms with Gasteiger partial charge in [0.1, 0.15) is 11.6 Å². The summed E-state index contributed by atoms with van der Waals surface area (Å²) in [6, 6.07) is 8.60. The third-order valence-corrected chi connectivity index (χ3v) is 5.28. The van der Waals surface area contributed by atoms with Crippen molar-refractivity contribution in [1.82, 2.24) is 10.6 Å². The van der Waals surface area contributed by atoms with Gasteiger partial charge >= 0.3 is 6.09 Å². The van der Waals surface area contributed by atoms with Crippen molar-refractivity contribution in [3.8, 4) is 0 Å². The highest BCUT2D eigenvalue weighted by Crippen LogP contribution is 2.40. The van der Waals surface area contributed by atoms with Crippen LogP contribution in [0.15, 0.2) is 36.4 Å². The Balaban J connectivity index is 1.55. The number of ether oxygens (including phenoxy) is 1. The number of nitrogens with one attached hydrogen (secondary N) is 2. The van der Waals surface area contributed by atoms with E-state index in [9.17, 15) is 19.2 Å². The number of nitrogens with zero attached hydrogens (tertiary/aromatic N) is 1. The van der Waals surface area contributed by atoms with Crippen LogP contribution >= 0.6 is 0 Å². The van der Waals surface area contributed by atoms with E-state index in [0.29, 0.717) is 17.7 Å². The number of carbonyl (C=O) groups is 4. The van der Waals surface area contributed by atoms with Crippen molar-refractivity contribution in [3.05, 3.63) is 47.5 Å². The predicted molar refractivity (Wildman–Crippen MR) is 120 cm³/mol. The van der Waals surface area contributed by atoms with Crippen LogP contribution in [-0.2, 0) is 14.3 Å². The van der Waals surface area contributed by atoms with Crippen molar-refractivity contribution in [2.24, 2.45) is 0 Å². The molecule has 2 aliphatic rings. The molecule has 32 heavy (non-hydrogen) atoms. The topological polar surface area (TPSA) is 105 Å². The maximum absolute atomic E-state index is 13.3. The minimum atomic E-state index is -0.713. The molecule has 1 saturated heterocycles. The van der Waals surface area contributed by atoms with Gasteiger partial charge in [0.2, 0.25) is 11.8 Å². The van der Waals surface area contributed by atoms with E-state index in [1.54, 1.807) is 32.9 Å². The number of anilines is 1. The van der Waals surface area contributed by atoms with Crippen LogP contribution in [0.1, 0.15) is 49.5 Å². The lowest BCUT2D eigenvalue weighted by molar-refractivity contribution is -0.134. The fourth-order valence-corrected chi connectivity index (χ4v) is 4.03. The number of alkyl carbamates (subject to hydrolysis) is 1. The molecule has 0 spiro atoms. The molecular formula is C24H25N3O5. The predicted octanol–water partition coefficient (Wildman–Crippen LogP) is 3.14. The molecule has 0 bridgehead atoms. The van der Waals surface area contributed by atoms with Gasteiger partial charge in [0, 0.05) is 18.4 Å².